The molecule has 2 amide bonds. The number of rotatable bonds is 5. The summed E-state index contributed by atoms with van der Waals surface area (Å²) in [5, 5.41) is 0. The number of carbonyl (C=O) groups is 2. The highest BCUT2D eigenvalue weighted by molar-refractivity contribution is 6.03. The molecule has 7 heteroatoms. The van der Waals surface area contributed by atoms with Gasteiger partial charge in [0.2, 0.25) is 0 Å². The van der Waals surface area contributed by atoms with Crippen molar-refractivity contribution in [1.29, 1.82) is 0 Å². The second-order valence-electron chi connectivity index (χ2n) is 6.41. The van der Waals surface area contributed by atoms with E-state index in [1.54, 1.807) is 12.0 Å². The van der Waals surface area contributed by atoms with Crippen molar-refractivity contribution in [2.75, 3.05) is 20.2 Å². The normalized spacial score (nSPS) is 14.9. The summed E-state index contributed by atoms with van der Waals surface area (Å²) in [5.41, 5.74) is 6.49. The number of amides is 2. The lowest BCUT2D eigenvalue weighted by atomic mass is 9.90. The number of nitrogens with zero attached hydrogens (tertiary/aromatic N) is 3. The highest BCUT2D eigenvalue weighted by Gasteiger charge is 2.27. The minimum atomic E-state index is -0.741. The summed E-state index contributed by atoms with van der Waals surface area (Å²) in [6.45, 7) is 1.25. The van der Waals surface area contributed by atoms with Crippen LogP contribution >= 0.6 is 0 Å². The predicted octanol–water partition coefficient (Wildman–Crippen LogP) is 1.68. The van der Waals surface area contributed by atoms with Crippen LogP contribution in [0.5, 0.6) is 5.75 Å². The third-order valence-electron chi connectivity index (χ3n) is 4.69. The number of hydrogen-bond donors (Lipinski definition) is 1. The van der Waals surface area contributed by atoms with Crippen LogP contribution in [0.15, 0.2) is 36.7 Å². The maximum absolute atomic E-state index is 12.7. The molecule has 1 aliphatic heterocycles. The lowest BCUT2D eigenvalue weighted by Crippen LogP contribution is -2.40. The first-order valence-electron chi connectivity index (χ1n) is 8.61. The summed E-state index contributed by atoms with van der Waals surface area (Å²) in [4.78, 5) is 33.7. The number of aromatic nitrogens is 2. The average molecular weight is 354 g/mol. The van der Waals surface area contributed by atoms with E-state index >= 15 is 0 Å². The highest BCUT2D eigenvalue weighted by Crippen LogP contribution is 2.24. The van der Waals surface area contributed by atoms with E-state index in [9.17, 15) is 9.59 Å². The number of benzene rings is 1. The Morgan fingerprint density at radius 3 is 2.54 bits per heavy atom. The summed E-state index contributed by atoms with van der Waals surface area (Å²) in [6, 6.07) is 8.07. The molecular formula is C19H22N4O3. The van der Waals surface area contributed by atoms with Crippen LogP contribution in [0.1, 0.15) is 39.4 Å². The van der Waals surface area contributed by atoms with Crippen molar-refractivity contribution in [2.45, 2.75) is 19.3 Å². The molecule has 26 heavy (non-hydrogen) atoms. The average Bonchev–Trinajstić information content (AvgIpc) is 2.68. The summed E-state index contributed by atoms with van der Waals surface area (Å²) < 4.78 is 5.27. The van der Waals surface area contributed by atoms with Crippen molar-refractivity contribution in [3.63, 3.8) is 0 Å². The van der Waals surface area contributed by atoms with Gasteiger partial charge in [0.15, 0.2) is 11.4 Å². The molecule has 1 fully saturated rings. The molecule has 1 aromatic carbocycles. The summed E-state index contributed by atoms with van der Waals surface area (Å²) >= 11 is 0. The quantitative estimate of drug-likeness (QED) is 0.881. The van der Waals surface area contributed by atoms with E-state index < -0.39 is 5.91 Å². The van der Waals surface area contributed by atoms with Crippen LogP contribution in [-0.4, -0.2) is 46.9 Å². The molecule has 1 saturated heterocycles. The van der Waals surface area contributed by atoms with Gasteiger partial charge < -0.3 is 15.4 Å². The topological polar surface area (TPSA) is 98.4 Å². The van der Waals surface area contributed by atoms with Crippen molar-refractivity contribution >= 4 is 11.8 Å². The van der Waals surface area contributed by atoms with Crippen molar-refractivity contribution in [1.82, 2.24) is 14.9 Å². The van der Waals surface area contributed by atoms with Crippen molar-refractivity contribution in [3.8, 4) is 5.75 Å². The largest absolute Gasteiger partial charge is 0.497 e. The Bertz CT molecular complexity index is 801. The summed E-state index contributed by atoms with van der Waals surface area (Å²) in [5.74, 6) is 0.335. The van der Waals surface area contributed by atoms with Crippen LogP contribution in [-0.2, 0) is 6.42 Å². The fourth-order valence-corrected chi connectivity index (χ4v) is 3.30. The first-order valence-corrected chi connectivity index (χ1v) is 8.61. The molecule has 1 aromatic heterocycles. The van der Waals surface area contributed by atoms with Gasteiger partial charge in [-0.15, -0.1) is 0 Å². The van der Waals surface area contributed by atoms with E-state index in [0.717, 1.165) is 25.0 Å². The van der Waals surface area contributed by atoms with Crippen molar-refractivity contribution in [3.05, 3.63) is 53.6 Å². The van der Waals surface area contributed by atoms with Gasteiger partial charge in [-0.25, -0.2) is 9.97 Å². The number of hydrogen-bond acceptors (Lipinski definition) is 5. The van der Waals surface area contributed by atoms with Gasteiger partial charge in [-0.3, -0.25) is 9.59 Å². The molecule has 3 rings (SSSR count). The van der Waals surface area contributed by atoms with Gasteiger partial charge >= 0.3 is 0 Å². The zero-order valence-corrected chi connectivity index (χ0v) is 14.7. The SMILES string of the molecule is COc1cccc(CC2CCN(C(=O)c3nccnc3C(N)=O)CC2)c1. The predicted molar refractivity (Wildman–Crippen MR) is 95.9 cm³/mol. The third kappa shape index (κ3) is 3.99. The molecule has 2 aromatic rings. The molecule has 0 spiro atoms. The molecule has 0 atom stereocenters. The first-order chi connectivity index (χ1) is 12.6. The van der Waals surface area contributed by atoms with Gasteiger partial charge in [-0.2, -0.15) is 0 Å². The van der Waals surface area contributed by atoms with E-state index in [1.165, 1.54) is 18.0 Å². The van der Waals surface area contributed by atoms with Crippen LogP contribution in [0, 0.1) is 5.92 Å². The molecule has 0 aliphatic carbocycles. The molecule has 1 aliphatic rings. The van der Waals surface area contributed by atoms with Gasteiger partial charge in [0.25, 0.3) is 11.8 Å². The monoisotopic (exact) mass is 354 g/mol. The maximum Gasteiger partial charge on any atom is 0.274 e. The Hall–Kier alpha value is -2.96. The molecule has 136 valence electrons. The molecule has 0 saturated carbocycles. The van der Waals surface area contributed by atoms with Crippen LogP contribution in [0.4, 0.5) is 0 Å². The van der Waals surface area contributed by atoms with Crippen LogP contribution in [0.3, 0.4) is 0 Å². The van der Waals surface area contributed by atoms with Gasteiger partial charge in [0, 0.05) is 25.5 Å². The molecular weight excluding hydrogens is 332 g/mol. The number of nitrogens with two attached hydrogens (primary N) is 1. The van der Waals surface area contributed by atoms with Crippen LogP contribution in [0.25, 0.3) is 0 Å². The van der Waals surface area contributed by atoms with E-state index in [4.69, 9.17) is 10.5 Å². The summed E-state index contributed by atoms with van der Waals surface area (Å²) in [6.07, 6.45) is 5.51. The van der Waals surface area contributed by atoms with E-state index in [-0.39, 0.29) is 17.3 Å². The number of likely N-dealkylation sites (tertiary alicyclic amines) is 1. The Balaban J connectivity index is 1.61. The maximum atomic E-state index is 12.7. The van der Waals surface area contributed by atoms with Crippen LogP contribution in [0.2, 0.25) is 0 Å². The number of primary amides is 1. The molecule has 7 nitrogen and oxygen atoms in total. The molecule has 0 radical (unpaired) electrons. The number of methoxy groups -OCH3 is 1. The van der Waals surface area contributed by atoms with Crippen molar-refractivity contribution < 1.29 is 14.3 Å². The van der Waals surface area contributed by atoms with E-state index in [1.807, 2.05) is 12.1 Å². The van der Waals surface area contributed by atoms with Gasteiger partial charge in [-0.1, -0.05) is 12.1 Å². The standard InChI is InChI=1S/C19H22N4O3/c1-26-15-4-2-3-14(12-15)11-13-5-9-23(10-6-13)19(25)17-16(18(20)24)21-7-8-22-17/h2-4,7-8,12-13H,5-6,9-11H2,1H3,(H2,20,24). The van der Waals surface area contributed by atoms with Gasteiger partial charge in [0.1, 0.15) is 5.75 Å². The molecule has 2 N–H and O–H groups in total. The van der Waals surface area contributed by atoms with Crippen molar-refractivity contribution in [2.24, 2.45) is 11.7 Å². The molecule has 2 heterocycles. The fourth-order valence-electron chi connectivity index (χ4n) is 3.30. The first kappa shape index (κ1) is 17.8. The Morgan fingerprint density at radius 2 is 1.88 bits per heavy atom. The summed E-state index contributed by atoms with van der Waals surface area (Å²) in [7, 11) is 1.66. The van der Waals surface area contributed by atoms with E-state index in [0.29, 0.717) is 19.0 Å². The Kier molecular flexibility index (Phi) is 5.46. The second kappa shape index (κ2) is 7.95. The zero-order valence-electron chi connectivity index (χ0n) is 14.7. The minimum Gasteiger partial charge on any atom is -0.497 e. The fraction of sp³-hybridized carbons (Fsp3) is 0.368. The number of ether oxygens (including phenoxy) is 1. The minimum absolute atomic E-state index is 0.0336. The zero-order chi connectivity index (χ0) is 18.5. The number of carbonyl (C=O) groups excluding carboxylic acids is 2. The van der Waals surface area contributed by atoms with Crippen LogP contribution < -0.4 is 10.5 Å². The lowest BCUT2D eigenvalue weighted by molar-refractivity contribution is 0.0679. The number of piperidine rings is 1. The Labute approximate surface area is 152 Å². The smallest absolute Gasteiger partial charge is 0.274 e. The second-order valence-corrected chi connectivity index (χ2v) is 6.41. The lowest BCUT2D eigenvalue weighted by Gasteiger charge is -2.32. The molecule has 0 bridgehead atoms. The third-order valence-corrected chi connectivity index (χ3v) is 4.69. The molecule has 0 unspecified atom stereocenters. The Morgan fingerprint density at radius 1 is 1.19 bits per heavy atom. The van der Waals surface area contributed by atoms with E-state index in [2.05, 4.69) is 22.1 Å². The van der Waals surface area contributed by atoms with Gasteiger partial charge in [0.05, 0.1) is 7.11 Å². The highest BCUT2D eigenvalue weighted by atomic mass is 16.5. The van der Waals surface area contributed by atoms with Gasteiger partial charge in [-0.05, 0) is 42.9 Å².